The van der Waals surface area contributed by atoms with E-state index in [4.69, 9.17) is 4.74 Å². The molecule has 0 radical (unpaired) electrons. The Morgan fingerprint density at radius 3 is 2.72 bits per heavy atom. The number of benzene rings is 1. The minimum Gasteiger partial charge on any atom is -0.504 e. The number of rotatable bonds is 5. The number of piperidine rings is 1. The maximum absolute atomic E-state index is 11.8. The Balaban J connectivity index is 1.64. The van der Waals surface area contributed by atoms with E-state index in [-0.39, 0.29) is 11.7 Å². The second-order valence-electron chi connectivity index (χ2n) is 6.27. The summed E-state index contributed by atoms with van der Waals surface area (Å²) in [6, 6.07) is 5.36. The average molecular weight is 383 g/mol. The molecule has 7 nitrogen and oxygen atoms in total. The lowest BCUT2D eigenvalue weighted by Crippen LogP contribution is -2.32. The molecule has 0 saturated carbocycles. The fraction of sp³-hybridized carbons (Fsp3) is 0.500. The van der Waals surface area contributed by atoms with Crippen molar-refractivity contribution in [3.05, 3.63) is 29.5 Å². The summed E-state index contributed by atoms with van der Waals surface area (Å²) in [6.45, 7) is 2.47. The van der Waals surface area contributed by atoms with Crippen LogP contribution in [-0.2, 0) is 16.4 Å². The molecule has 0 aliphatic carbocycles. The Morgan fingerprint density at radius 2 is 2.08 bits per heavy atom. The lowest BCUT2D eigenvalue weighted by molar-refractivity contribution is 0.202. The average Bonchev–Trinajstić information content (AvgIpc) is 3.07. The van der Waals surface area contributed by atoms with E-state index in [1.807, 2.05) is 12.1 Å². The number of aromatic nitrogens is 2. The minimum atomic E-state index is -3.27. The van der Waals surface area contributed by atoms with Crippen LogP contribution < -0.4 is 4.74 Å². The quantitative estimate of drug-likeness (QED) is 0.844. The van der Waals surface area contributed by atoms with Gasteiger partial charge in [-0.2, -0.15) is 0 Å². The zero-order chi connectivity index (χ0) is 18.0. The van der Waals surface area contributed by atoms with Crippen molar-refractivity contribution in [2.45, 2.75) is 29.5 Å². The highest BCUT2D eigenvalue weighted by molar-refractivity contribution is 7.92. The molecule has 2 aromatic rings. The van der Waals surface area contributed by atoms with Crippen LogP contribution in [0.2, 0.25) is 0 Å². The molecule has 1 fully saturated rings. The highest BCUT2D eigenvalue weighted by Gasteiger charge is 2.28. The standard InChI is InChI=1S/C16H21N3O4S2/c1-23-14-9-11(3-4-13(14)20)10-19-7-5-12(6-8-19)15-16(24-18-17-15)25(2,21)22/h3-4,9,12,20H,5-8,10H2,1-2H3. The van der Waals surface area contributed by atoms with Crippen molar-refractivity contribution in [2.75, 3.05) is 26.5 Å². The lowest BCUT2D eigenvalue weighted by Gasteiger charge is -2.31. The zero-order valence-corrected chi connectivity index (χ0v) is 15.8. The summed E-state index contributed by atoms with van der Waals surface area (Å²) in [5.74, 6) is 0.738. The molecular formula is C16H21N3O4S2. The Bertz CT molecular complexity index is 843. The number of methoxy groups -OCH3 is 1. The fourth-order valence-electron chi connectivity index (χ4n) is 3.14. The topological polar surface area (TPSA) is 92.6 Å². The third kappa shape index (κ3) is 4.10. The molecule has 0 amide bonds. The van der Waals surface area contributed by atoms with Crippen LogP contribution in [0.1, 0.15) is 30.0 Å². The maximum Gasteiger partial charge on any atom is 0.188 e. The number of likely N-dealkylation sites (tertiary alicyclic amines) is 1. The van der Waals surface area contributed by atoms with Gasteiger partial charge in [0.25, 0.3) is 0 Å². The second kappa shape index (κ2) is 7.27. The van der Waals surface area contributed by atoms with Gasteiger partial charge in [0.1, 0.15) is 0 Å². The first-order valence-corrected chi connectivity index (χ1v) is 10.7. The van der Waals surface area contributed by atoms with Crippen molar-refractivity contribution in [2.24, 2.45) is 0 Å². The van der Waals surface area contributed by atoms with Crippen LogP contribution in [0.25, 0.3) is 0 Å². The summed E-state index contributed by atoms with van der Waals surface area (Å²) in [5, 5.41) is 13.7. The Kier molecular flexibility index (Phi) is 5.26. The summed E-state index contributed by atoms with van der Waals surface area (Å²) in [7, 11) is -1.74. The van der Waals surface area contributed by atoms with E-state index in [0.29, 0.717) is 15.7 Å². The molecule has 2 heterocycles. The van der Waals surface area contributed by atoms with E-state index in [0.717, 1.165) is 49.6 Å². The van der Waals surface area contributed by atoms with Gasteiger partial charge in [-0.25, -0.2) is 8.42 Å². The van der Waals surface area contributed by atoms with Gasteiger partial charge in [0, 0.05) is 30.3 Å². The second-order valence-corrected chi connectivity index (χ2v) is 9.24. The van der Waals surface area contributed by atoms with E-state index < -0.39 is 9.84 Å². The monoisotopic (exact) mass is 383 g/mol. The zero-order valence-electron chi connectivity index (χ0n) is 14.2. The molecule has 1 aliphatic rings. The van der Waals surface area contributed by atoms with Crippen molar-refractivity contribution in [3.63, 3.8) is 0 Å². The lowest BCUT2D eigenvalue weighted by atomic mass is 9.94. The first-order chi connectivity index (χ1) is 11.9. The third-order valence-electron chi connectivity index (χ3n) is 4.44. The number of nitrogens with zero attached hydrogens (tertiary/aromatic N) is 3. The van der Waals surface area contributed by atoms with Crippen molar-refractivity contribution in [3.8, 4) is 11.5 Å². The van der Waals surface area contributed by atoms with E-state index in [1.54, 1.807) is 6.07 Å². The summed E-state index contributed by atoms with van der Waals surface area (Å²) >= 11 is 0.959. The van der Waals surface area contributed by atoms with Crippen molar-refractivity contribution < 1.29 is 18.3 Å². The smallest absolute Gasteiger partial charge is 0.188 e. The largest absolute Gasteiger partial charge is 0.504 e. The predicted molar refractivity (Wildman–Crippen MR) is 94.9 cm³/mol. The van der Waals surface area contributed by atoms with Gasteiger partial charge in [-0.1, -0.05) is 10.6 Å². The van der Waals surface area contributed by atoms with Crippen LogP contribution in [0.4, 0.5) is 0 Å². The molecule has 1 aromatic carbocycles. The van der Waals surface area contributed by atoms with Crippen molar-refractivity contribution >= 4 is 21.4 Å². The highest BCUT2D eigenvalue weighted by atomic mass is 32.2. The maximum atomic E-state index is 11.8. The molecule has 3 rings (SSSR count). The van der Waals surface area contributed by atoms with E-state index in [9.17, 15) is 13.5 Å². The van der Waals surface area contributed by atoms with Gasteiger partial charge in [0.15, 0.2) is 25.5 Å². The van der Waals surface area contributed by atoms with E-state index >= 15 is 0 Å². The molecule has 9 heteroatoms. The Labute approximate surface area is 151 Å². The van der Waals surface area contributed by atoms with E-state index in [1.165, 1.54) is 13.4 Å². The van der Waals surface area contributed by atoms with E-state index in [2.05, 4.69) is 14.5 Å². The Morgan fingerprint density at radius 1 is 1.36 bits per heavy atom. The molecule has 1 aromatic heterocycles. The molecule has 0 spiro atoms. The van der Waals surface area contributed by atoms with Crippen LogP contribution in [0, 0.1) is 0 Å². The highest BCUT2D eigenvalue weighted by Crippen LogP contribution is 2.33. The van der Waals surface area contributed by atoms with Gasteiger partial charge in [0.2, 0.25) is 0 Å². The fourth-order valence-corrected chi connectivity index (χ4v) is 4.87. The number of ether oxygens (including phenoxy) is 1. The van der Waals surface area contributed by atoms with Gasteiger partial charge in [-0.15, -0.1) is 5.10 Å². The molecule has 136 valence electrons. The van der Waals surface area contributed by atoms with Gasteiger partial charge in [-0.3, -0.25) is 4.90 Å². The summed E-state index contributed by atoms with van der Waals surface area (Å²) in [4.78, 5) is 2.31. The van der Waals surface area contributed by atoms with Gasteiger partial charge < -0.3 is 9.84 Å². The first-order valence-electron chi connectivity index (χ1n) is 7.99. The summed E-state index contributed by atoms with van der Waals surface area (Å²) in [5.41, 5.74) is 1.69. The summed E-state index contributed by atoms with van der Waals surface area (Å²) in [6.07, 6.45) is 2.91. The van der Waals surface area contributed by atoms with Gasteiger partial charge >= 0.3 is 0 Å². The van der Waals surface area contributed by atoms with Crippen LogP contribution in [0.5, 0.6) is 11.5 Å². The van der Waals surface area contributed by atoms with Crippen molar-refractivity contribution in [1.82, 2.24) is 14.5 Å². The number of phenolic OH excluding ortho intramolecular Hbond substituents is 1. The predicted octanol–water partition coefficient (Wildman–Crippen LogP) is 2.04. The SMILES string of the molecule is COc1cc(CN2CCC(c3nnsc3S(C)(=O)=O)CC2)ccc1O. The molecule has 1 aliphatic heterocycles. The number of hydrogen-bond donors (Lipinski definition) is 1. The minimum absolute atomic E-state index is 0.133. The van der Waals surface area contributed by atoms with Crippen LogP contribution in [0.3, 0.4) is 0 Å². The molecule has 0 bridgehead atoms. The molecule has 0 atom stereocenters. The van der Waals surface area contributed by atoms with Crippen LogP contribution >= 0.6 is 11.5 Å². The van der Waals surface area contributed by atoms with Crippen molar-refractivity contribution in [1.29, 1.82) is 0 Å². The molecule has 25 heavy (non-hydrogen) atoms. The molecule has 1 N–H and O–H groups in total. The number of phenols is 1. The third-order valence-corrected chi connectivity index (χ3v) is 7.00. The first kappa shape index (κ1) is 18.1. The number of sulfone groups is 1. The van der Waals surface area contributed by atoms with Gasteiger partial charge in [0.05, 0.1) is 12.8 Å². The molecule has 0 unspecified atom stereocenters. The molecule has 1 saturated heterocycles. The van der Waals surface area contributed by atoms with Crippen LogP contribution in [0.15, 0.2) is 22.4 Å². The van der Waals surface area contributed by atoms with Crippen LogP contribution in [-0.4, -0.2) is 54.5 Å². The van der Waals surface area contributed by atoms with Gasteiger partial charge in [-0.05, 0) is 43.6 Å². The number of hydrogen-bond acceptors (Lipinski definition) is 8. The number of aromatic hydroxyl groups is 1. The normalized spacial score (nSPS) is 16.9. The summed E-state index contributed by atoms with van der Waals surface area (Å²) < 4.78 is 33.0. The molecular weight excluding hydrogens is 362 g/mol. The Hall–Kier alpha value is -1.71.